The summed E-state index contributed by atoms with van der Waals surface area (Å²) in [6.45, 7) is 2.12. The molecule has 1 saturated carbocycles. The Hall–Kier alpha value is -0.110. The number of aliphatic hydroxyl groups is 1. The maximum Gasteiger partial charge on any atom is 0.126 e. The molecule has 1 rings (SSSR count). The first-order valence-corrected chi connectivity index (χ1v) is 4.56. The molecular formula is C9H17FO. The SMILES string of the molecule is CCCC1CCC(O)C(F)C1. The molecule has 0 heterocycles. The zero-order valence-electron chi connectivity index (χ0n) is 7.09. The third kappa shape index (κ3) is 2.44. The molecule has 3 atom stereocenters. The largest absolute Gasteiger partial charge is 0.390 e. The van der Waals surface area contributed by atoms with Crippen molar-refractivity contribution in [3.63, 3.8) is 0 Å². The van der Waals surface area contributed by atoms with E-state index >= 15 is 0 Å². The van der Waals surface area contributed by atoms with Crippen LogP contribution in [0.3, 0.4) is 0 Å². The van der Waals surface area contributed by atoms with Crippen LogP contribution < -0.4 is 0 Å². The van der Waals surface area contributed by atoms with Crippen molar-refractivity contribution in [3.05, 3.63) is 0 Å². The molecule has 1 fully saturated rings. The topological polar surface area (TPSA) is 20.2 Å². The third-order valence-electron chi connectivity index (χ3n) is 2.54. The summed E-state index contributed by atoms with van der Waals surface area (Å²) in [5.41, 5.74) is 0. The molecule has 0 aliphatic heterocycles. The first kappa shape index (κ1) is 8.98. The van der Waals surface area contributed by atoms with Crippen LogP contribution in [0.2, 0.25) is 0 Å². The van der Waals surface area contributed by atoms with Gasteiger partial charge in [-0.05, 0) is 25.2 Å². The van der Waals surface area contributed by atoms with Gasteiger partial charge in [0.1, 0.15) is 6.17 Å². The summed E-state index contributed by atoms with van der Waals surface area (Å²) >= 11 is 0. The van der Waals surface area contributed by atoms with Gasteiger partial charge in [-0.1, -0.05) is 19.8 Å². The molecule has 11 heavy (non-hydrogen) atoms. The lowest BCUT2D eigenvalue weighted by Crippen LogP contribution is -2.30. The van der Waals surface area contributed by atoms with Crippen LogP contribution in [0.5, 0.6) is 0 Å². The van der Waals surface area contributed by atoms with E-state index in [9.17, 15) is 4.39 Å². The smallest absolute Gasteiger partial charge is 0.126 e. The second-order valence-corrected chi connectivity index (χ2v) is 3.55. The highest BCUT2D eigenvalue weighted by molar-refractivity contribution is 4.78. The van der Waals surface area contributed by atoms with E-state index in [-0.39, 0.29) is 0 Å². The number of hydrogen-bond donors (Lipinski definition) is 1. The molecule has 1 nitrogen and oxygen atoms in total. The predicted octanol–water partition coefficient (Wildman–Crippen LogP) is 2.29. The van der Waals surface area contributed by atoms with Gasteiger partial charge in [0.25, 0.3) is 0 Å². The highest BCUT2D eigenvalue weighted by Gasteiger charge is 2.27. The quantitative estimate of drug-likeness (QED) is 0.657. The lowest BCUT2D eigenvalue weighted by Gasteiger charge is -2.28. The van der Waals surface area contributed by atoms with Gasteiger partial charge in [0.05, 0.1) is 6.10 Å². The average Bonchev–Trinajstić information content (AvgIpc) is 1.98. The van der Waals surface area contributed by atoms with Crippen molar-refractivity contribution < 1.29 is 9.50 Å². The van der Waals surface area contributed by atoms with Crippen molar-refractivity contribution in [2.75, 3.05) is 0 Å². The van der Waals surface area contributed by atoms with Crippen LogP contribution in [0.15, 0.2) is 0 Å². The molecule has 66 valence electrons. The molecule has 1 aliphatic rings. The van der Waals surface area contributed by atoms with E-state index < -0.39 is 12.3 Å². The molecule has 1 N–H and O–H groups in total. The fraction of sp³-hybridized carbons (Fsp3) is 1.00. The van der Waals surface area contributed by atoms with E-state index in [0.717, 1.165) is 19.3 Å². The van der Waals surface area contributed by atoms with Gasteiger partial charge < -0.3 is 5.11 Å². The summed E-state index contributed by atoms with van der Waals surface area (Å²) in [5.74, 6) is 0.526. The maximum absolute atomic E-state index is 12.9. The summed E-state index contributed by atoms with van der Waals surface area (Å²) in [5, 5.41) is 9.09. The Morgan fingerprint density at radius 3 is 2.73 bits per heavy atom. The number of alkyl halides is 1. The summed E-state index contributed by atoms with van der Waals surface area (Å²) in [6.07, 6.45) is 2.86. The fourth-order valence-corrected chi connectivity index (χ4v) is 1.85. The fourth-order valence-electron chi connectivity index (χ4n) is 1.85. The maximum atomic E-state index is 12.9. The Bertz CT molecular complexity index is 116. The molecule has 0 saturated heterocycles. The van der Waals surface area contributed by atoms with Gasteiger partial charge in [-0.2, -0.15) is 0 Å². The van der Waals surface area contributed by atoms with Crippen LogP contribution in [0.25, 0.3) is 0 Å². The van der Waals surface area contributed by atoms with Crippen molar-refractivity contribution in [1.82, 2.24) is 0 Å². The molecule has 0 aromatic heterocycles. The Balaban J connectivity index is 2.28. The molecule has 2 heteroatoms. The summed E-state index contributed by atoms with van der Waals surface area (Å²) < 4.78 is 12.9. The van der Waals surface area contributed by atoms with E-state index in [0.29, 0.717) is 18.8 Å². The van der Waals surface area contributed by atoms with Gasteiger partial charge >= 0.3 is 0 Å². The Morgan fingerprint density at radius 1 is 1.45 bits per heavy atom. The monoisotopic (exact) mass is 160 g/mol. The first-order valence-electron chi connectivity index (χ1n) is 4.56. The molecule has 0 bridgehead atoms. The Kier molecular flexibility index (Phi) is 3.31. The van der Waals surface area contributed by atoms with E-state index in [1.165, 1.54) is 0 Å². The van der Waals surface area contributed by atoms with E-state index in [2.05, 4.69) is 6.92 Å². The number of aliphatic hydroxyl groups excluding tert-OH is 1. The molecular weight excluding hydrogens is 143 g/mol. The molecule has 0 spiro atoms. The van der Waals surface area contributed by atoms with Gasteiger partial charge in [-0.25, -0.2) is 4.39 Å². The van der Waals surface area contributed by atoms with Crippen molar-refractivity contribution >= 4 is 0 Å². The van der Waals surface area contributed by atoms with E-state index in [4.69, 9.17) is 5.11 Å². The van der Waals surface area contributed by atoms with Gasteiger partial charge in [-0.3, -0.25) is 0 Å². The van der Waals surface area contributed by atoms with Crippen molar-refractivity contribution in [1.29, 1.82) is 0 Å². The lowest BCUT2D eigenvalue weighted by atomic mass is 9.84. The van der Waals surface area contributed by atoms with Crippen LogP contribution in [-0.2, 0) is 0 Å². The zero-order chi connectivity index (χ0) is 8.27. The van der Waals surface area contributed by atoms with Gasteiger partial charge in [0.15, 0.2) is 0 Å². The minimum absolute atomic E-state index is 0.526. The molecule has 3 unspecified atom stereocenters. The third-order valence-corrected chi connectivity index (χ3v) is 2.54. The predicted molar refractivity (Wildman–Crippen MR) is 43.2 cm³/mol. The zero-order valence-corrected chi connectivity index (χ0v) is 7.09. The number of halogens is 1. The highest BCUT2D eigenvalue weighted by Crippen LogP contribution is 2.29. The molecule has 0 aromatic carbocycles. The number of hydrogen-bond acceptors (Lipinski definition) is 1. The summed E-state index contributed by atoms with van der Waals surface area (Å²) in [6, 6.07) is 0. The minimum atomic E-state index is -0.958. The van der Waals surface area contributed by atoms with Crippen LogP contribution >= 0.6 is 0 Å². The van der Waals surface area contributed by atoms with Crippen molar-refractivity contribution in [3.8, 4) is 0 Å². The van der Waals surface area contributed by atoms with Crippen LogP contribution in [0.1, 0.15) is 39.0 Å². The van der Waals surface area contributed by atoms with Crippen LogP contribution in [0.4, 0.5) is 4.39 Å². The van der Waals surface area contributed by atoms with Crippen LogP contribution in [0, 0.1) is 5.92 Å². The molecule has 1 aliphatic carbocycles. The molecule has 0 amide bonds. The standard InChI is InChI=1S/C9H17FO/c1-2-3-7-4-5-9(11)8(10)6-7/h7-9,11H,2-6H2,1H3. The van der Waals surface area contributed by atoms with Crippen molar-refractivity contribution in [2.45, 2.75) is 51.3 Å². The van der Waals surface area contributed by atoms with E-state index in [1.54, 1.807) is 0 Å². The number of rotatable bonds is 2. The lowest BCUT2D eigenvalue weighted by molar-refractivity contribution is 0.0229. The molecule has 0 radical (unpaired) electrons. The first-order chi connectivity index (χ1) is 5.24. The van der Waals surface area contributed by atoms with Gasteiger partial charge in [-0.15, -0.1) is 0 Å². The van der Waals surface area contributed by atoms with E-state index in [1.807, 2.05) is 0 Å². The second kappa shape index (κ2) is 4.05. The van der Waals surface area contributed by atoms with Gasteiger partial charge in [0.2, 0.25) is 0 Å². The van der Waals surface area contributed by atoms with Crippen molar-refractivity contribution in [2.24, 2.45) is 5.92 Å². The summed E-state index contributed by atoms with van der Waals surface area (Å²) in [7, 11) is 0. The van der Waals surface area contributed by atoms with Gasteiger partial charge in [0, 0.05) is 0 Å². The normalized spacial score (nSPS) is 39.0. The Labute approximate surface area is 67.6 Å². The summed E-state index contributed by atoms with van der Waals surface area (Å²) in [4.78, 5) is 0. The minimum Gasteiger partial charge on any atom is -0.390 e. The second-order valence-electron chi connectivity index (χ2n) is 3.55. The molecule has 0 aromatic rings. The Morgan fingerprint density at radius 2 is 2.18 bits per heavy atom. The van der Waals surface area contributed by atoms with Crippen LogP contribution in [-0.4, -0.2) is 17.4 Å². The average molecular weight is 160 g/mol. The highest BCUT2D eigenvalue weighted by atomic mass is 19.1.